The molecule has 14 heavy (non-hydrogen) atoms. The second-order valence-electron chi connectivity index (χ2n) is 3.75. The van der Waals surface area contributed by atoms with E-state index in [0.717, 1.165) is 13.1 Å². The topological polar surface area (TPSA) is 24.1 Å². The molecule has 1 aliphatic heterocycles. The molecule has 0 aromatic heterocycles. The minimum atomic E-state index is 0.264. The molecule has 1 rings (SSSR count). The SMILES string of the molecule is C=C/C(=C\C=C\C)C1NCC(C)CN1. The predicted molar refractivity (Wildman–Crippen MR) is 62.1 cm³/mol. The van der Waals surface area contributed by atoms with E-state index in [1.165, 1.54) is 5.57 Å². The van der Waals surface area contributed by atoms with Gasteiger partial charge >= 0.3 is 0 Å². The van der Waals surface area contributed by atoms with E-state index in [1.54, 1.807) is 0 Å². The minimum absolute atomic E-state index is 0.264. The van der Waals surface area contributed by atoms with Gasteiger partial charge in [0.15, 0.2) is 0 Å². The van der Waals surface area contributed by atoms with Crippen molar-refractivity contribution in [2.75, 3.05) is 13.1 Å². The lowest BCUT2D eigenvalue weighted by molar-refractivity contribution is 0.340. The minimum Gasteiger partial charge on any atom is -0.298 e. The van der Waals surface area contributed by atoms with Gasteiger partial charge in [-0.2, -0.15) is 0 Å². The summed E-state index contributed by atoms with van der Waals surface area (Å²) < 4.78 is 0. The van der Waals surface area contributed by atoms with Crippen molar-refractivity contribution in [3.05, 3.63) is 36.5 Å². The summed E-state index contributed by atoms with van der Waals surface area (Å²) in [5, 5.41) is 6.89. The van der Waals surface area contributed by atoms with E-state index in [2.05, 4.69) is 30.2 Å². The molecule has 0 amide bonds. The fraction of sp³-hybridized carbons (Fsp3) is 0.500. The number of rotatable bonds is 3. The molecule has 0 aromatic carbocycles. The fourth-order valence-corrected chi connectivity index (χ4v) is 1.51. The van der Waals surface area contributed by atoms with Gasteiger partial charge in [-0.05, 0) is 18.4 Å². The average Bonchev–Trinajstić information content (AvgIpc) is 2.21. The fourth-order valence-electron chi connectivity index (χ4n) is 1.51. The lowest BCUT2D eigenvalue weighted by Gasteiger charge is -2.30. The summed E-state index contributed by atoms with van der Waals surface area (Å²) in [5.74, 6) is 0.707. The van der Waals surface area contributed by atoms with Crippen molar-refractivity contribution < 1.29 is 0 Å². The van der Waals surface area contributed by atoms with Crippen LogP contribution in [0.4, 0.5) is 0 Å². The lowest BCUT2D eigenvalue weighted by Crippen LogP contribution is -2.52. The van der Waals surface area contributed by atoms with Crippen LogP contribution >= 0.6 is 0 Å². The van der Waals surface area contributed by atoms with E-state index in [0.29, 0.717) is 5.92 Å². The first-order valence-electron chi connectivity index (χ1n) is 5.20. The van der Waals surface area contributed by atoms with Gasteiger partial charge in [-0.1, -0.05) is 37.8 Å². The monoisotopic (exact) mass is 192 g/mol. The first-order valence-corrected chi connectivity index (χ1v) is 5.20. The summed E-state index contributed by atoms with van der Waals surface area (Å²) in [6.07, 6.45) is 8.32. The summed E-state index contributed by atoms with van der Waals surface area (Å²) in [6.45, 7) is 10.2. The second-order valence-corrected chi connectivity index (χ2v) is 3.75. The Morgan fingerprint density at radius 1 is 1.36 bits per heavy atom. The third-order valence-electron chi connectivity index (χ3n) is 2.39. The molecule has 1 aliphatic rings. The van der Waals surface area contributed by atoms with Gasteiger partial charge < -0.3 is 0 Å². The Morgan fingerprint density at radius 3 is 2.50 bits per heavy atom. The molecule has 78 valence electrons. The van der Waals surface area contributed by atoms with E-state index >= 15 is 0 Å². The molecule has 0 unspecified atom stereocenters. The van der Waals surface area contributed by atoms with Gasteiger partial charge in [-0.25, -0.2) is 0 Å². The van der Waals surface area contributed by atoms with Crippen LogP contribution in [-0.4, -0.2) is 19.3 Å². The number of hydrogen-bond acceptors (Lipinski definition) is 2. The maximum Gasteiger partial charge on any atom is 0.0835 e. The molecule has 1 heterocycles. The van der Waals surface area contributed by atoms with Gasteiger partial charge in [0.25, 0.3) is 0 Å². The molecule has 0 atom stereocenters. The van der Waals surface area contributed by atoms with Crippen LogP contribution in [0.3, 0.4) is 0 Å². The van der Waals surface area contributed by atoms with Crippen LogP contribution in [-0.2, 0) is 0 Å². The molecular formula is C12H20N2. The van der Waals surface area contributed by atoms with Crippen LogP contribution in [0.1, 0.15) is 13.8 Å². The predicted octanol–water partition coefficient (Wildman–Crippen LogP) is 1.83. The van der Waals surface area contributed by atoms with E-state index in [9.17, 15) is 0 Å². The van der Waals surface area contributed by atoms with E-state index < -0.39 is 0 Å². The zero-order valence-electron chi connectivity index (χ0n) is 9.09. The van der Waals surface area contributed by atoms with Gasteiger partial charge in [-0.15, -0.1) is 0 Å². The lowest BCUT2D eigenvalue weighted by atomic mass is 10.1. The standard InChI is InChI=1S/C12H20N2/c1-4-6-7-11(5-2)12-13-8-10(3)9-14-12/h4-7,10,12-14H,2,8-9H2,1,3H3/b6-4+,11-7+. The van der Waals surface area contributed by atoms with Crippen LogP contribution in [0.5, 0.6) is 0 Å². The second kappa shape index (κ2) is 5.78. The van der Waals surface area contributed by atoms with Gasteiger partial charge in [0, 0.05) is 13.1 Å². The Kier molecular flexibility index (Phi) is 4.63. The first-order chi connectivity index (χ1) is 6.77. The maximum atomic E-state index is 3.83. The molecule has 2 N–H and O–H groups in total. The average molecular weight is 192 g/mol. The summed E-state index contributed by atoms with van der Waals surface area (Å²) in [4.78, 5) is 0. The first kappa shape index (κ1) is 11.2. The van der Waals surface area contributed by atoms with Crippen LogP contribution in [0.2, 0.25) is 0 Å². The molecule has 2 nitrogen and oxygen atoms in total. The van der Waals surface area contributed by atoms with Crippen LogP contribution in [0.15, 0.2) is 36.5 Å². The number of nitrogens with one attached hydrogen (secondary N) is 2. The Labute approximate surface area is 86.8 Å². The summed E-state index contributed by atoms with van der Waals surface area (Å²) in [5.41, 5.74) is 1.20. The van der Waals surface area contributed by atoms with Crippen molar-refractivity contribution in [3.8, 4) is 0 Å². The van der Waals surface area contributed by atoms with Crippen LogP contribution in [0, 0.1) is 5.92 Å². The smallest absolute Gasteiger partial charge is 0.0835 e. The van der Waals surface area contributed by atoms with E-state index in [1.807, 2.05) is 25.2 Å². The van der Waals surface area contributed by atoms with Crippen LogP contribution in [0.25, 0.3) is 0 Å². The molecule has 2 heteroatoms. The van der Waals surface area contributed by atoms with Crippen molar-refractivity contribution in [3.63, 3.8) is 0 Å². The molecule has 0 radical (unpaired) electrons. The molecule has 0 bridgehead atoms. The highest BCUT2D eigenvalue weighted by atomic mass is 15.1. The summed E-state index contributed by atoms with van der Waals surface area (Å²) in [6, 6.07) is 0. The number of hydrogen-bond donors (Lipinski definition) is 2. The molecule has 0 saturated carbocycles. The maximum absolute atomic E-state index is 3.83. The van der Waals surface area contributed by atoms with Crippen molar-refractivity contribution in [1.29, 1.82) is 0 Å². The summed E-state index contributed by atoms with van der Waals surface area (Å²) in [7, 11) is 0. The van der Waals surface area contributed by atoms with Gasteiger partial charge in [0.05, 0.1) is 6.17 Å². The molecule has 1 saturated heterocycles. The van der Waals surface area contributed by atoms with Crippen molar-refractivity contribution in [2.24, 2.45) is 5.92 Å². The van der Waals surface area contributed by atoms with Gasteiger partial charge in [0.2, 0.25) is 0 Å². The zero-order chi connectivity index (χ0) is 10.4. The zero-order valence-corrected chi connectivity index (χ0v) is 9.09. The van der Waals surface area contributed by atoms with E-state index in [4.69, 9.17) is 0 Å². The Hall–Kier alpha value is -0.860. The normalized spacial score (nSPS) is 29.4. The van der Waals surface area contributed by atoms with Gasteiger partial charge in [-0.3, -0.25) is 10.6 Å². The molecule has 0 aromatic rings. The Balaban J connectivity index is 2.57. The van der Waals surface area contributed by atoms with Crippen molar-refractivity contribution in [2.45, 2.75) is 20.0 Å². The highest BCUT2D eigenvalue weighted by Crippen LogP contribution is 2.07. The summed E-state index contributed by atoms with van der Waals surface area (Å²) >= 11 is 0. The molecular weight excluding hydrogens is 172 g/mol. The molecule has 0 aliphatic carbocycles. The highest BCUT2D eigenvalue weighted by molar-refractivity contribution is 5.27. The van der Waals surface area contributed by atoms with Crippen molar-refractivity contribution >= 4 is 0 Å². The Morgan fingerprint density at radius 2 is 2.00 bits per heavy atom. The van der Waals surface area contributed by atoms with Crippen molar-refractivity contribution in [1.82, 2.24) is 10.6 Å². The van der Waals surface area contributed by atoms with Gasteiger partial charge in [0.1, 0.15) is 0 Å². The number of allylic oxidation sites excluding steroid dienone is 3. The molecule has 1 fully saturated rings. The molecule has 0 spiro atoms. The third kappa shape index (κ3) is 3.13. The Bertz CT molecular complexity index is 233. The van der Waals surface area contributed by atoms with E-state index in [-0.39, 0.29) is 6.17 Å². The largest absolute Gasteiger partial charge is 0.298 e. The highest BCUT2D eigenvalue weighted by Gasteiger charge is 2.17. The third-order valence-corrected chi connectivity index (χ3v) is 2.39. The van der Waals surface area contributed by atoms with Crippen LogP contribution < -0.4 is 10.6 Å². The quantitative estimate of drug-likeness (QED) is 0.667.